The smallest absolute Gasteiger partial charge is 0.248 e. The van der Waals surface area contributed by atoms with Crippen LogP contribution in [-0.4, -0.2) is 35.1 Å². The summed E-state index contributed by atoms with van der Waals surface area (Å²) < 4.78 is 5.18. The van der Waals surface area contributed by atoms with Gasteiger partial charge in [0.15, 0.2) is 0 Å². The molecule has 1 aromatic heterocycles. The van der Waals surface area contributed by atoms with Crippen molar-refractivity contribution in [1.29, 1.82) is 0 Å². The zero-order valence-electron chi connectivity index (χ0n) is 9.82. The van der Waals surface area contributed by atoms with E-state index in [1.807, 2.05) is 6.92 Å². The fraction of sp³-hybridized carbons (Fsp3) is 0.636. The van der Waals surface area contributed by atoms with Crippen molar-refractivity contribution in [3.05, 3.63) is 18.2 Å². The zero-order valence-corrected chi connectivity index (χ0v) is 9.82. The summed E-state index contributed by atoms with van der Waals surface area (Å²) in [4.78, 5) is 18.6. The molecule has 0 bridgehead atoms. The van der Waals surface area contributed by atoms with Crippen LogP contribution in [-0.2, 0) is 16.0 Å². The van der Waals surface area contributed by atoms with E-state index in [1.54, 1.807) is 19.3 Å². The number of rotatable bonds is 7. The van der Waals surface area contributed by atoms with Crippen LogP contribution in [0.25, 0.3) is 0 Å². The van der Waals surface area contributed by atoms with Gasteiger partial charge in [-0.3, -0.25) is 4.79 Å². The molecule has 0 spiro atoms. The summed E-state index contributed by atoms with van der Waals surface area (Å²) >= 11 is 0. The Hall–Kier alpha value is -1.36. The minimum atomic E-state index is -0.367. The van der Waals surface area contributed by atoms with Crippen LogP contribution in [0.5, 0.6) is 0 Å². The highest BCUT2D eigenvalue weighted by Crippen LogP contribution is 1.94. The number of aryl methyl sites for hydroxylation is 1. The van der Waals surface area contributed by atoms with E-state index in [-0.39, 0.29) is 12.0 Å². The van der Waals surface area contributed by atoms with Gasteiger partial charge in [-0.2, -0.15) is 0 Å². The number of hydrogen-bond acceptors (Lipinski definition) is 3. The molecule has 1 heterocycles. The van der Waals surface area contributed by atoms with E-state index >= 15 is 0 Å². The maximum Gasteiger partial charge on any atom is 0.248 e. The molecule has 1 atom stereocenters. The molecule has 0 aromatic carbocycles. The van der Waals surface area contributed by atoms with Crippen molar-refractivity contribution in [2.75, 3.05) is 13.2 Å². The Morgan fingerprint density at radius 1 is 1.69 bits per heavy atom. The fourth-order valence-electron chi connectivity index (χ4n) is 1.37. The van der Waals surface area contributed by atoms with E-state index in [4.69, 9.17) is 4.74 Å². The Balaban J connectivity index is 2.08. The lowest BCUT2D eigenvalue weighted by atomic mass is 10.3. The van der Waals surface area contributed by atoms with Crippen LogP contribution >= 0.6 is 0 Å². The van der Waals surface area contributed by atoms with Crippen LogP contribution in [0.15, 0.2) is 12.4 Å². The van der Waals surface area contributed by atoms with E-state index < -0.39 is 0 Å². The van der Waals surface area contributed by atoms with Gasteiger partial charge in [0.25, 0.3) is 0 Å². The van der Waals surface area contributed by atoms with Crippen molar-refractivity contribution in [1.82, 2.24) is 15.3 Å². The summed E-state index contributed by atoms with van der Waals surface area (Å²) in [6.45, 7) is 4.84. The number of hydrogen-bond donors (Lipinski definition) is 2. The number of aromatic amines is 1. The number of carbonyl (C=O) groups excluding carboxylic acids is 1. The van der Waals surface area contributed by atoms with Gasteiger partial charge < -0.3 is 15.0 Å². The predicted octanol–water partition coefficient (Wildman–Crippen LogP) is 0.883. The van der Waals surface area contributed by atoms with E-state index in [9.17, 15) is 4.79 Å². The van der Waals surface area contributed by atoms with Gasteiger partial charge in [-0.05, 0) is 20.3 Å². The molecule has 1 aromatic rings. The van der Waals surface area contributed by atoms with Crippen molar-refractivity contribution < 1.29 is 9.53 Å². The van der Waals surface area contributed by atoms with Gasteiger partial charge in [-0.15, -0.1) is 0 Å². The lowest BCUT2D eigenvalue weighted by molar-refractivity contribution is -0.131. The summed E-state index contributed by atoms with van der Waals surface area (Å²) in [5, 5.41) is 2.82. The van der Waals surface area contributed by atoms with Crippen molar-refractivity contribution in [2.45, 2.75) is 32.8 Å². The summed E-state index contributed by atoms with van der Waals surface area (Å²) in [6, 6.07) is 0. The molecule has 0 aliphatic heterocycles. The van der Waals surface area contributed by atoms with Crippen molar-refractivity contribution in [3.8, 4) is 0 Å². The van der Waals surface area contributed by atoms with Crippen LogP contribution in [0.1, 0.15) is 26.1 Å². The molecule has 0 fully saturated rings. The molecule has 0 aliphatic carbocycles. The Bertz CT molecular complexity index is 298. The highest BCUT2D eigenvalue weighted by molar-refractivity contribution is 5.80. The van der Waals surface area contributed by atoms with Gasteiger partial charge in [0.1, 0.15) is 11.9 Å². The first-order valence-corrected chi connectivity index (χ1v) is 5.61. The van der Waals surface area contributed by atoms with Gasteiger partial charge in [0.05, 0.1) is 0 Å². The third-order valence-corrected chi connectivity index (χ3v) is 2.23. The van der Waals surface area contributed by atoms with Crippen LogP contribution < -0.4 is 5.32 Å². The number of nitrogens with zero attached hydrogens (tertiary/aromatic N) is 1. The Morgan fingerprint density at radius 3 is 3.12 bits per heavy atom. The molecule has 5 nitrogen and oxygen atoms in total. The lowest BCUT2D eigenvalue weighted by Gasteiger charge is -2.11. The van der Waals surface area contributed by atoms with E-state index in [1.165, 1.54) is 0 Å². The predicted molar refractivity (Wildman–Crippen MR) is 61.0 cm³/mol. The molecule has 0 saturated carbocycles. The lowest BCUT2D eigenvalue weighted by Crippen LogP contribution is -2.35. The minimum absolute atomic E-state index is 0.0544. The minimum Gasteiger partial charge on any atom is -0.369 e. The highest BCUT2D eigenvalue weighted by Gasteiger charge is 2.10. The maximum absolute atomic E-state index is 11.4. The van der Waals surface area contributed by atoms with Crippen LogP contribution in [0.4, 0.5) is 0 Å². The number of ether oxygens (including phenoxy) is 1. The monoisotopic (exact) mass is 225 g/mol. The molecule has 90 valence electrons. The standard InChI is InChI=1S/C11H19N3O2/c1-3-16-9(2)11(15)14-6-4-5-10-12-7-8-13-10/h7-9H,3-6H2,1-2H3,(H,12,13)(H,14,15)/t9-/m1/s1. The first kappa shape index (κ1) is 12.7. The van der Waals surface area contributed by atoms with E-state index in [2.05, 4.69) is 15.3 Å². The van der Waals surface area contributed by atoms with Gasteiger partial charge >= 0.3 is 0 Å². The van der Waals surface area contributed by atoms with Crippen LogP contribution in [0, 0.1) is 0 Å². The van der Waals surface area contributed by atoms with Crippen molar-refractivity contribution in [3.63, 3.8) is 0 Å². The molecule has 16 heavy (non-hydrogen) atoms. The summed E-state index contributed by atoms with van der Waals surface area (Å²) in [7, 11) is 0. The van der Waals surface area contributed by atoms with E-state index in [0.29, 0.717) is 13.2 Å². The second-order valence-electron chi connectivity index (χ2n) is 3.53. The van der Waals surface area contributed by atoms with Crippen molar-refractivity contribution >= 4 is 5.91 Å². The number of amides is 1. The van der Waals surface area contributed by atoms with Crippen LogP contribution in [0.3, 0.4) is 0 Å². The van der Waals surface area contributed by atoms with Gasteiger partial charge in [-0.1, -0.05) is 0 Å². The quantitative estimate of drug-likeness (QED) is 0.677. The number of imidazole rings is 1. The van der Waals surface area contributed by atoms with Gasteiger partial charge in [0, 0.05) is 32.0 Å². The number of H-pyrrole nitrogens is 1. The van der Waals surface area contributed by atoms with Crippen molar-refractivity contribution in [2.24, 2.45) is 0 Å². The summed E-state index contributed by atoms with van der Waals surface area (Å²) in [5.74, 6) is 0.897. The molecule has 0 saturated heterocycles. The Morgan fingerprint density at radius 2 is 2.50 bits per heavy atom. The zero-order chi connectivity index (χ0) is 11.8. The third-order valence-electron chi connectivity index (χ3n) is 2.23. The molecule has 5 heteroatoms. The normalized spacial score (nSPS) is 12.4. The van der Waals surface area contributed by atoms with E-state index in [0.717, 1.165) is 18.7 Å². The Labute approximate surface area is 95.6 Å². The molecule has 2 N–H and O–H groups in total. The second kappa shape index (κ2) is 7.00. The number of aromatic nitrogens is 2. The SMILES string of the molecule is CCO[C@H](C)C(=O)NCCCc1ncc[nH]1. The van der Waals surface area contributed by atoms with Gasteiger partial charge in [0.2, 0.25) is 5.91 Å². The maximum atomic E-state index is 11.4. The average Bonchev–Trinajstić information content (AvgIpc) is 2.77. The first-order valence-electron chi connectivity index (χ1n) is 5.61. The summed E-state index contributed by atoms with van der Waals surface area (Å²) in [6.07, 6.45) is 4.87. The number of nitrogens with one attached hydrogen (secondary N) is 2. The highest BCUT2D eigenvalue weighted by atomic mass is 16.5. The molecule has 0 radical (unpaired) electrons. The molecule has 0 unspecified atom stereocenters. The average molecular weight is 225 g/mol. The topological polar surface area (TPSA) is 67.0 Å². The largest absolute Gasteiger partial charge is 0.369 e. The Kier molecular flexibility index (Phi) is 5.56. The molecule has 1 amide bonds. The van der Waals surface area contributed by atoms with Crippen LogP contribution in [0.2, 0.25) is 0 Å². The molecular formula is C11H19N3O2. The first-order chi connectivity index (χ1) is 7.74. The molecule has 1 rings (SSSR count). The number of carbonyl (C=O) groups is 1. The second-order valence-corrected chi connectivity index (χ2v) is 3.53. The van der Waals surface area contributed by atoms with Gasteiger partial charge in [-0.25, -0.2) is 4.98 Å². The molecular weight excluding hydrogens is 206 g/mol. The third kappa shape index (κ3) is 4.44. The molecule has 0 aliphatic rings. The summed E-state index contributed by atoms with van der Waals surface area (Å²) in [5.41, 5.74) is 0. The fourth-order valence-corrected chi connectivity index (χ4v) is 1.37.